The largest absolute Gasteiger partial charge is 0.355 e. The second kappa shape index (κ2) is 5.98. The highest BCUT2D eigenvalue weighted by molar-refractivity contribution is 9.10. The molecule has 1 fully saturated rings. The van der Waals surface area contributed by atoms with Crippen molar-refractivity contribution in [3.8, 4) is 0 Å². The van der Waals surface area contributed by atoms with Gasteiger partial charge in [0.2, 0.25) is 5.91 Å². The first-order valence-electron chi connectivity index (χ1n) is 7.14. The molecular formula is C17H17BrN2O. The predicted molar refractivity (Wildman–Crippen MR) is 86.0 cm³/mol. The molecule has 0 atom stereocenters. The molecule has 4 heteroatoms. The molecule has 2 aromatic rings. The Hall–Kier alpha value is -1.68. The lowest BCUT2D eigenvalue weighted by Gasteiger charge is -2.16. The van der Waals surface area contributed by atoms with Gasteiger partial charge in [-0.1, -0.05) is 34.1 Å². The summed E-state index contributed by atoms with van der Waals surface area (Å²) in [4.78, 5) is 16.5. The van der Waals surface area contributed by atoms with Gasteiger partial charge < -0.3 is 5.32 Å². The van der Waals surface area contributed by atoms with Crippen LogP contribution in [0.2, 0.25) is 0 Å². The van der Waals surface area contributed by atoms with Crippen LogP contribution in [0.1, 0.15) is 24.0 Å². The summed E-state index contributed by atoms with van der Waals surface area (Å²) in [5.74, 6) is 0.147. The normalized spacial score (nSPS) is 15.5. The molecule has 1 aliphatic rings. The molecule has 1 aliphatic carbocycles. The molecule has 3 rings (SSSR count). The monoisotopic (exact) mass is 344 g/mol. The number of halogens is 1. The molecule has 1 saturated carbocycles. The molecule has 3 nitrogen and oxygen atoms in total. The maximum absolute atomic E-state index is 12.5. The van der Waals surface area contributed by atoms with Crippen LogP contribution in [0.15, 0.2) is 53.3 Å². The zero-order chi connectivity index (χ0) is 14.7. The molecule has 108 valence electrons. The molecular weight excluding hydrogens is 328 g/mol. The van der Waals surface area contributed by atoms with Crippen molar-refractivity contribution in [1.29, 1.82) is 0 Å². The van der Waals surface area contributed by atoms with Gasteiger partial charge in [0.05, 0.1) is 5.41 Å². The summed E-state index contributed by atoms with van der Waals surface area (Å²) in [5.41, 5.74) is 1.96. The van der Waals surface area contributed by atoms with Gasteiger partial charge in [-0.15, -0.1) is 0 Å². The van der Waals surface area contributed by atoms with Crippen molar-refractivity contribution in [2.45, 2.75) is 24.7 Å². The van der Waals surface area contributed by atoms with Crippen molar-refractivity contribution in [1.82, 2.24) is 10.3 Å². The fourth-order valence-electron chi connectivity index (χ4n) is 2.58. The molecule has 21 heavy (non-hydrogen) atoms. The Balaban J connectivity index is 1.59. The molecule has 1 heterocycles. The van der Waals surface area contributed by atoms with Crippen LogP contribution in [0, 0.1) is 0 Å². The Morgan fingerprint density at radius 3 is 2.62 bits per heavy atom. The summed E-state index contributed by atoms with van der Waals surface area (Å²) in [6.45, 7) is 0.656. The maximum atomic E-state index is 12.5. The van der Waals surface area contributed by atoms with Crippen LogP contribution in [0.4, 0.5) is 0 Å². The minimum Gasteiger partial charge on any atom is -0.355 e. The highest BCUT2D eigenvalue weighted by Gasteiger charge is 2.50. The van der Waals surface area contributed by atoms with Gasteiger partial charge in [-0.25, -0.2) is 0 Å². The molecule has 0 bridgehead atoms. The van der Waals surface area contributed by atoms with E-state index in [4.69, 9.17) is 0 Å². The third-order valence-electron chi connectivity index (χ3n) is 4.00. The lowest BCUT2D eigenvalue weighted by molar-refractivity contribution is -0.123. The predicted octanol–water partition coefficient (Wildman–Crippen LogP) is 3.23. The van der Waals surface area contributed by atoms with Gasteiger partial charge in [-0.05, 0) is 48.6 Å². The van der Waals surface area contributed by atoms with E-state index < -0.39 is 0 Å². The molecule has 1 aromatic heterocycles. The first kappa shape index (κ1) is 14.3. The molecule has 0 spiro atoms. The van der Waals surface area contributed by atoms with Gasteiger partial charge in [-0.2, -0.15) is 0 Å². The summed E-state index contributed by atoms with van der Waals surface area (Å²) in [5, 5.41) is 3.07. The number of hydrogen-bond acceptors (Lipinski definition) is 2. The van der Waals surface area contributed by atoms with Crippen molar-refractivity contribution in [3.63, 3.8) is 0 Å². The lowest BCUT2D eigenvalue weighted by atomic mass is 9.95. The van der Waals surface area contributed by atoms with Gasteiger partial charge >= 0.3 is 0 Å². The Morgan fingerprint density at radius 1 is 1.24 bits per heavy atom. The molecule has 0 aliphatic heterocycles. The fraction of sp³-hybridized carbons (Fsp3) is 0.294. The van der Waals surface area contributed by atoms with E-state index in [9.17, 15) is 4.79 Å². The molecule has 0 saturated heterocycles. The third kappa shape index (κ3) is 3.16. The van der Waals surface area contributed by atoms with Gasteiger partial charge in [0, 0.05) is 23.4 Å². The van der Waals surface area contributed by atoms with E-state index in [2.05, 4.69) is 26.2 Å². The van der Waals surface area contributed by atoms with Gasteiger partial charge in [0.15, 0.2) is 0 Å². The number of pyridine rings is 1. The highest BCUT2D eigenvalue weighted by atomic mass is 79.9. The Kier molecular flexibility index (Phi) is 4.06. The smallest absolute Gasteiger partial charge is 0.230 e. The number of carbonyl (C=O) groups is 1. The van der Waals surface area contributed by atoms with E-state index >= 15 is 0 Å². The minimum atomic E-state index is -0.296. The topological polar surface area (TPSA) is 42.0 Å². The van der Waals surface area contributed by atoms with E-state index in [1.54, 1.807) is 6.20 Å². The van der Waals surface area contributed by atoms with Crippen molar-refractivity contribution in [2.75, 3.05) is 6.54 Å². The SMILES string of the molecule is O=C(NCCc1cccnc1)C1(c2ccc(Br)cc2)CC1. The Bertz CT molecular complexity index is 621. The number of hydrogen-bond donors (Lipinski definition) is 1. The first-order chi connectivity index (χ1) is 10.2. The number of benzene rings is 1. The minimum absolute atomic E-state index is 0.147. The van der Waals surface area contributed by atoms with E-state index in [-0.39, 0.29) is 11.3 Å². The van der Waals surface area contributed by atoms with Crippen molar-refractivity contribution in [3.05, 3.63) is 64.4 Å². The molecule has 1 aromatic carbocycles. The number of rotatable bonds is 5. The van der Waals surface area contributed by atoms with E-state index in [1.165, 1.54) is 0 Å². The van der Waals surface area contributed by atoms with Gasteiger partial charge in [0.25, 0.3) is 0 Å². The Morgan fingerprint density at radius 2 is 2.00 bits per heavy atom. The fourth-order valence-corrected chi connectivity index (χ4v) is 2.84. The van der Waals surface area contributed by atoms with Crippen molar-refractivity contribution >= 4 is 21.8 Å². The summed E-state index contributed by atoms with van der Waals surface area (Å²) < 4.78 is 1.04. The quantitative estimate of drug-likeness (QED) is 0.904. The van der Waals surface area contributed by atoms with Crippen LogP contribution in [0.25, 0.3) is 0 Å². The zero-order valence-corrected chi connectivity index (χ0v) is 13.3. The average molecular weight is 345 g/mol. The molecule has 0 unspecified atom stereocenters. The molecule has 0 radical (unpaired) electrons. The molecule has 1 amide bonds. The van der Waals surface area contributed by atoms with E-state index in [0.717, 1.165) is 34.9 Å². The van der Waals surface area contributed by atoms with Crippen LogP contribution in [0.3, 0.4) is 0 Å². The summed E-state index contributed by atoms with van der Waals surface area (Å²) in [7, 11) is 0. The van der Waals surface area contributed by atoms with Crippen LogP contribution >= 0.6 is 15.9 Å². The number of nitrogens with one attached hydrogen (secondary N) is 1. The van der Waals surface area contributed by atoms with Crippen LogP contribution in [0.5, 0.6) is 0 Å². The third-order valence-corrected chi connectivity index (χ3v) is 4.53. The van der Waals surface area contributed by atoms with Crippen LogP contribution in [-0.4, -0.2) is 17.4 Å². The number of carbonyl (C=O) groups excluding carboxylic acids is 1. The number of nitrogens with zero attached hydrogens (tertiary/aromatic N) is 1. The van der Waals surface area contributed by atoms with Gasteiger partial charge in [-0.3, -0.25) is 9.78 Å². The summed E-state index contributed by atoms with van der Waals surface area (Å²) >= 11 is 3.43. The second-order valence-electron chi connectivity index (χ2n) is 5.46. The van der Waals surface area contributed by atoms with Gasteiger partial charge in [0.1, 0.15) is 0 Å². The Labute approximate surface area is 132 Å². The highest BCUT2D eigenvalue weighted by Crippen LogP contribution is 2.48. The maximum Gasteiger partial charge on any atom is 0.230 e. The van der Waals surface area contributed by atoms with Crippen LogP contribution < -0.4 is 5.32 Å². The summed E-state index contributed by atoms with van der Waals surface area (Å²) in [6, 6.07) is 12.0. The summed E-state index contributed by atoms with van der Waals surface area (Å²) in [6.07, 6.45) is 6.29. The van der Waals surface area contributed by atoms with E-state index in [1.807, 2.05) is 42.6 Å². The van der Waals surface area contributed by atoms with Crippen molar-refractivity contribution < 1.29 is 4.79 Å². The average Bonchev–Trinajstić information content (AvgIpc) is 3.31. The second-order valence-corrected chi connectivity index (χ2v) is 6.37. The number of amides is 1. The van der Waals surface area contributed by atoms with Crippen molar-refractivity contribution in [2.24, 2.45) is 0 Å². The van der Waals surface area contributed by atoms with Crippen LogP contribution in [-0.2, 0) is 16.6 Å². The molecule has 1 N–H and O–H groups in total. The first-order valence-corrected chi connectivity index (χ1v) is 7.93. The van der Waals surface area contributed by atoms with E-state index in [0.29, 0.717) is 6.54 Å². The standard InChI is InChI=1S/C17H17BrN2O/c18-15-5-3-14(4-6-15)17(8-9-17)16(21)20-11-7-13-2-1-10-19-12-13/h1-6,10,12H,7-9,11H2,(H,20,21). The number of aromatic nitrogens is 1. The lowest BCUT2D eigenvalue weighted by Crippen LogP contribution is -2.35. The zero-order valence-electron chi connectivity index (χ0n) is 11.7.